The molecule has 0 radical (unpaired) electrons. The fourth-order valence-corrected chi connectivity index (χ4v) is 3.21. The van der Waals surface area contributed by atoms with E-state index in [1.807, 2.05) is 20.8 Å². The van der Waals surface area contributed by atoms with Gasteiger partial charge in [0.15, 0.2) is 0 Å². The van der Waals surface area contributed by atoms with E-state index in [9.17, 15) is 9.18 Å². The Balaban J connectivity index is 2.04. The van der Waals surface area contributed by atoms with Crippen LogP contribution in [0.1, 0.15) is 47.5 Å². The Kier molecular flexibility index (Phi) is 6.50. The summed E-state index contributed by atoms with van der Waals surface area (Å²) < 4.78 is 24.4. The van der Waals surface area contributed by atoms with Crippen molar-refractivity contribution in [1.82, 2.24) is 5.32 Å². The van der Waals surface area contributed by atoms with E-state index in [2.05, 4.69) is 24.1 Å². The highest BCUT2D eigenvalue weighted by molar-refractivity contribution is 5.67. The number of alkyl carbamates (subject to hydrolysis) is 1. The molecular weight excluding hydrogens is 335 g/mol. The Morgan fingerprint density at radius 3 is 2.58 bits per heavy atom. The first kappa shape index (κ1) is 20.5. The minimum atomic E-state index is -0.522. The number of anilines is 1. The van der Waals surface area contributed by atoms with Gasteiger partial charge in [-0.25, -0.2) is 9.18 Å². The fraction of sp³-hybridized carbons (Fsp3) is 0.650. The number of nitrogens with zero attached hydrogens (tertiary/aromatic N) is 1. The molecule has 1 aliphatic rings. The van der Waals surface area contributed by atoms with Gasteiger partial charge in [0.2, 0.25) is 0 Å². The number of carbonyl (C=O) groups excluding carboxylic acids is 1. The second-order valence-corrected chi connectivity index (χ2v) is 8.35. The average molecular weight is 366 g/mol. The number of halogens is 1. The summed E-state index contributed by atoms with van der Waals surface area (Å²) in [7, 11) is 0. The van der Waals surface area contributed by atoms with E-state index in [0.717, 1.165) is 18.5 Å². The van der Waals surface area contributed by atoms with E-state index < -0.39 is 11.7 Å². The predicted molar refractivity (Wildman–Crippen MR) is 101 cm³/mol. The van der Waals surface area contributed by atoms with Crippen LogP contribution in [0.3, 0.4) is 0 Å². The molecule has 1 N–H and O–H groups in total. The Morgan fingerprint density at radius 2 is 2.00 bits per heavy atom. The lowest BCUT2D eigenvalue weighted by molar-refractivity contribution is -0.0589. The van der Waals surface area contributed by atoms with Gasteiger partial charge < -0.3 is 19.7 Å². The zero-order valence-corrected chi connectivity index (χ0v) is 16.5. The molecule has 0 bridgehead atoms. The van der Waals surface area contributed by atoms with Gasteiger partial charge in [0.25, 0.3) is 0 Å². The second kappa shape index (κ2) is 8.25. The van der Waals surface area contributed by atoms with Gasteiger partial charge in [-0.2, -0.15) is 0 Å². The molecule has 0 aliphatic carbocycles. The summed E-state index contributed by atoms with van der Waals surface area (Å²) in [6.07, 6.45) is 1.34. The number of nitrogens with one attached hydrogen (secondary N) is 1. The SMILES string of the molecule is CC(C)(C)OC(=O)NCCN(c1ccc(F)cc1)C1CCOC(C)(C)C1. The van der Waals surface area contributed by atoms with Crippen molar-refractivity contribution >= 4 is 11.8 Å². The molecule has 6 heteroatoms. The molecular formula is C20H31FN2O3. The van der Waals surface area contributed by atoms with Crippen LogP contribution in [0.5, 0.6) is 0 Å². The van der Waals surface area contributed by atoms with Gasteiger partial charge in [0, 0.05) is 31.4 Å². The number of hydrogen-bond donors (Lipinski definition) is 1. The summed E-state index contributed by atoms with van der Waals surface area (Å²) in [6.45, 7) is 11.4. The molecule has 1 aromatic carbocycles. The van der Waals surface area contributed by atoms with Gasteiger partial charge in [-0.15, -0.1) is 0 Å². The van der Waals surface area contributed by atoms with Gasteiger partial charge in [-0.05, 0) is 71.7 Å². The zero-order valence-electron chi connectivity index (χ0n) is 16.5. The fourth-order valence-electron chi connectivity index (χ4n) is 3.21. The topological polar surface area (TPSA) is 50.8 Å². The summed E-state index contributed by atoms with van der Waals surface area (Å²) >= 11 is 0. The average Bonchev–Trinajstić information content (AvgIpc) is 2.50. The molecule has 26 heavy (non-hydrogen) atoms. The van der Waals surface area contributed by atoms with Crippen LogP contribution in [0.25, 0.3) is 0 Å². The quantitative estimate of drug-likeness (QED) is 0.852. The van der Waals surface area contributed by atoms with Crippen LogP contribution in [-0.2, 0) is 9.47 Å². The third-order valence-corrected chi connectivity index (χ3v) is 4.29. The maximum absolute atomic E-state index is 13.3. The van der Waals surface area contributed by atoms with E-state index in [0.29, 0.717) is 19.7 Å². The number of carbonyl (C=O) groups is 1. The summed E-state index contributed by atoms with van der Waals surface area (Å²) in [5.74, 6) is -0.257. The van der Waals surface area contributed by atoms with Crippen molar-refractivity contribution in [1.29, 1.82) is 0 Å². The first-order valence-electron chi connectivity index (χ1n) is 9.19. The third-order valence-electron chi connectivity index (χ3n) is 4.29. The number of benzene rings is 1. The predicted octanol–water partition coefficient (Wildman–Crippen LogP) is 4.11. The van der Waals surface area contributed by atoms with Crippen LogP contribution in [0.4, 0.5) is 14.9 Å². The standard InChI is InChI=1S/C20H31FN2O3/c1-19(2,3)26-18(24)22-11-12-23(16-8-6-15(21)7-9-16)17-10-13-25-20(4,5)14-17/h6-9,17H,10-14H2,1-5H3,(H,22,24). The third kappa shape index (κ3) is 6.48. The molecule has 1 aromatic rings. The van der Waals surface area contributed by atoms with Gasteiger partial charge in [0.05, 0.1) is 5.60 Å². The van der Waals surface area contributed by atoms with Crippen molar-refractivity contribution in [2.45, 2.75) is 64.7 Å². The molecule has 1 saturated heterocycles. The smallest absolute Gasteiger partial charge is 0.407 e. The van der Waals surface area contributed by atoms with Crippen LogP contribution in [0.2, 0.25) is 0 Å². The Labute approximate surface area is 155 Å². The molecule has 2 rings (SSSR count). The second-order valence-electron chi connectivity index (χ2n) is 8.35. The summed E-state index contributed by atoms with van der Waals surface area (Å²) in [5, 5.41) is 2.80. The van der Waals surface area contributed by atoms with Gasteiger partial charge in [-0.3, -0.25) is 0 Å². The highest BCUT2D eigenvalue weighted by Gasteiger charge is 2.32. The molecule has 1 fully saturated rings. The molecule has 1 unspecified atom stereocenters. The van der Waals surface area contributed by atoms with E-state index in [1.54, 1.807) is 12.1 Å². The Bertz CT molecular complexity index is 596. The molecule has 5 nitrogen and oxygen atoms in total. The monoisotopic (exact) mass is 366 g/mol. The summed E-state index contributed by atoms with van der Waals surface area (Å²) in [4.78, 5) is 14.1. The largest absolute Gasteiger partial charge is 0.444 e. The molecule has 1 heterocycles. The number of rotatable bonds is 5. The highest BCUT2D eigenvalue weighted by atomic mass is 19.1. The highest BCUT2D eigenvalue weighted by Crippen LogP contribution is 2.30. The van der Waals surface area contributed by atoms with Crippen molar-refractivity contribution in [3.05, 3.63) is 30.1 Å². The minimum absolute atomic E-state index is 0.195. The lowest BCUT2D eigenvalue weighted by atomic mass is 9.92. The molecule has 0 saturated carbocycles. The number of amides is 1. The molecule has 1 aliphatic heterocycles. The Morgan fingerprint density at radius 1 is 1.35 bits per heavy atom. The summed E-state index contributed by atoms with van der Waals surface area (Å²) in [5.41, 5.74) is 0.228. The van der Waals surface area contributed by atoms with E-state index >= 15 is 0 Å². The Hall–Kier alpha value is -1.82. The molecule has 0 aromatic heterocycles. The molecule has 1 amide bonds. The lowest BCUT2D eigenvalue weighted by Crippen LogP contribution is -2.48. The van der Waals surface area contributed by atoms with Crippen LogP contribution in [-0.4, -0.2) is 43.0 Å². The van der Waals surface area contributed by atoms with Crippen LogP contribution >= 0.6 is 0 Å². The van der Waals surface area contributed by atoms with Crippen molar-refractivity contribution in [2.75, 3.05) is 24.6 Å². The van der Waals surface area contributed by atoms with Crippen LogP contribution in [0.15, 0.2) is 24.3 Å². The van der Waals surface area contributed by atoms with Gasteiger partial charge >= 0.3 is 6.09 Å². The number of ether oxygens (including phenoxy) is 2. The maximum Gasteiger partial charge on any atom is 0.407 e. The molecule has 146 valence electrons. The van der Waals surface area contributed by atoms with Crippen molar-refractivity contribution in [2.24, 2.45) is 0 Å². The van der Waals surface area contributed by atoms with Crippen molar-refractivity contribution in [3.8, 4) is 0 Å². The van der Waals surface area contributed by atoms with Crippen molar-refractivity contribution in [3.63, 3.8) is 0 Å². The summed E-state index contributed by atoms with van der Waals surface area (Å²) in [6, 6.07) is 6.77. The number of hydrogen-bond acceptors (Lipinski definition) is 4. The first-order valence-corrected chi connectivity index (χ1v) is 9.19. The van der Waals surface area contributed by atoms with Gasteiger partial charge in [0.1, 0.15) is 11.4 Å². The molecule has 0 spiro atoms. The lowest BCUT2D eigenvalue weighted by Gasteiger charge is -2.42. The molecule has 1 atom stereocenters. The minimum Gasteiger partial charge on any atom is -0.444 e. The van der Waals surface area contributed by atoms with E-state index in [-0.39, 0.29) is 17.5 Å². The first-order chi connectivity index (χ1) is 12.1. The van der Waals surface area contributed by atoms with Crippen LogP contribution < -0.4 is 10.2 Å². The van der Waals surface area contributed by atoms with E-state index in [4.69, 9.17) is 9.47 Å². The maximum atomic E-state index is 13.3. The van der Waals surface area contributed by atoms with E-state index in [1.165, 1.54) is 12.1 Å². The van der Waals surface area contributed by atoms with Crippen LogP contribution in [0, 0.1) is 5.82 Å². The van der Waals surface area contributed by atoms with Gasteiger partial charge in [-0.1, -0.05) is 0 Å². The normalized spacial score (nSPS) is 19.7. The zero-order chi connectivity index (χ0) is 19.4. The van der Waals surface area contributed by atoms with Crippen molar-refractivity contribution < 1.29 is 18.7 Å².